The van der Waals surface area contributed by atoms with Crippen LogP contribution in [0.3, 0.4) is 0 Å². The van der Waals surface area contributed by atoms with Crippen LogP contribution in [0.2, 0.25) is 0 Å². The summed E-state index contributed by atoms with van der Waals surface area (Å²) in [7, 11) is 0. The first kappa shape index (κ1) is 16.2. The minimum atomic E-state index is 0.278. The molecule has 0 heterocycles. The van der Waals surface area contributed by atoms with Gasteiger partial charge in [-0.2, -0.15) is 10.2 Å². The molecule has 2 rings (SSSR count). The number of benzene rings is 2. The number of ether oxygens (including phenoxy) is 1. The Kier molecular flexibility index (Phi) is 7.12. The van der Waals surface area contributed by atoms with Gasteiger partial charge in [-0.3, -0.25) is 0 Å². The second-order valence-electron chi connectivity index (χ2n) is 5.02. The van der Waals surface area contributed by atoms with E-state index >= 15 is 0 Å². The van der Waals surface area contributed by atoms with Gasteiger partial charge in [0.2, 0.25) is 0 Å². The topological polar surface area (TPSA) is 54.2 Å². The first-order valence-electron chi connectivity index (χ1n) is 7.69. The Morgan fingerprint density at radius 3 is 2.05 bits per heavy atom. The van der Waals surface area contributed by atoms with E-state index in [0.29, 0.717) is 6.61 Å². The molecule has 0 radical (unpaired) electrons. The monoisotopic (exact) mass is 298 g/mol. The average molecular weight is 298 g/mol. The maximum Gasteiger partial charge on any atom is 0.119 e. The van der Waals surface area contributed by atoms with E-state index < -0.39 is 0 Å². The molecule has 116 valence electrons. The number of aliphatic hydroxyl groups is 1. The molecule has 0 aromatic heterocycles. The van der Waals surface area contributed by atoms with Gasteiger partial charge in [0, 0.05) is 6.61 Å². The number of azo groups is 1. The fraction of sp³-hybridized carbons (Fsp3) is 0.333. The number of hydrogen-bond acceptors (Lipinski definition) is 4. The van der Waals surface area contributed by atoms with Gasteiger partial charge < -0.3 is 9.84 Å². The molecule has 2 aromatic carbocycles. The molecule has 0 aliphatic heterocycles. The lowest BCUT2D eigenvalue weighted by Crippen LogP contribution is -1.97. The van der Waals surface area contributed by atoms with E-state index in [1.807, 2.05) is 54.6 Å². The fourth-order valence-electron chi connectivity index (χ4n) is 1.98. The summed E-state index contributed by atoms with van der Waals surface area (Å²) in [5.41, 5.74) is 1.64. The summed E-state index contributed by atoms with van der Waals surface area (Å²) in [6, 6.07) is 17.3. The van der Waals surface area contributed by atoms with Crippen LogP contribution in [0.5, 0.6) is 5.75 Å². The van der Waals surface area contributed by atoms with Crippen LogP contribution in [0.1, 0.15) is 25.7 Å². The van der Waals surface area contributed by atoms with Gasteiger partial charge in [0.05, 0.1) is 18.0 Å². The van der Waals surface area contributed by atoms with Crippen molar-refractivity contribution in [2.75, 3.05) is 13.2 Å². The van der Waals surface area contributed by atoms with Crippen LogP contribution in [-0.2, 0) is 0 Å². The molecule has 0 aliphatic carbocycles. The third-order valence-electron chi connectivity index (χ3n) is 3.20. The molecule has 4 heteroatoms. The molecule has 0 aliphatic rings. The molecule has 0 saturated heterocycles. The van der Waals surface area contributed by atoms with E-state index in [0.717, 1.165) is 42.8 Å². The number of unbranched alkanes of at least 4 members (excludes halogenated alkanes) is 3. The summed E-state index contributed by atoms with van der Waals surface area (Å²) in [6.45, 7) is 0.982. The molecule has 0 atom stereocenters. The molecule has 1 N–H and O–H groups in total. The molecule has 0 bridgehead atoms. The van der Waals surface area contributed by atoms with Crippen LogP contribution in [0, 0.1) is 0 Å². The Hall–Kier alpha value is -2.20. The standard InChI is InChI=1S/C18H22N2O2/c21-14-6-1-2-7-15-22-18-12-10-17(11-13-18)20-19-16-8-4-3-5-9-16/h3-5,8-13,21H,1-2,6-7,14-15H2/b20-19+. The molecular formula is C18H22N2O2. The number of nitrogens with zero attached hydrogens (tertiary/aromatic N) is 2. The maximum atomic E-state index is 8.70. The summed E-state index contributed by atoms with van der Waals surface area (Å²) in [5, 5.41) is 17.1. The quantitative estimate of drug-likeness (QED) is 0.521. The summed E-state index contributed by atoms with van der Waals surface area (Å²) in [4.78, 5) is 0. The molecular weight excluding hydrogens is 276 g/mol. The van der Waals surface area contributed by atoms with Crippen LogP contribution in [0.4, 0.5) is 11.4 Å². The van der Waals surface area contributed by atoms with Crippen molar-refractivity contribution in [2.24, 2.45) is 10.2 Å². The zero-order valence-corrected chi connectivity index (χ0v) is 12.7. The lowest BCUT2D eigenvalue weighted by molar-refractivity contribution is 0.273. The van der Waals surface area contributed by atoms with Crippen molar-refractivity contribution in [3.63, 3.8) is 0 Å². The first-order chi connectivity index (χ1) is 10.9. The summed E-state index contributed by atoms with van der Waals surface area (Å²) >= 11 is 0. The molecule has 0 amide bonds. The van der Waals surface area contributed by atoms with Gasteiger partial charge in [0.1, 0.15) is 5.75 Å². The van der Waals surface area contributed by atoms with Crippen molar-refractivity contribution in [1.29, 1.82) is 0 Å². The predicted molar refractivity (Wildman–Crippen MR) is 88.1 cm³/mol. The van der Waals surface area contributed by atoms with Crippen molar-refractivity contribution in [3.05, 3.63) is 54.6 Å². The largest absolute Gasteiger partial charge is 0.494 e. The van der Waals surface area contributed by atoms with Crippen LogP contribution in [-0.4, -0.2) is 18.3 Å². The second kappa shape index (κ2) is 9.68. The van der Waals surface area contributed by atoms with Crippen molar-refractivity contribution in [2.45, 2.75) is 25.7 Å². The minimum Gasteiger partial charge on any atom is -0.494 e. The van der Waals surface area contributed by atoms with E-state index in [-0.39, 0.29) is 6.61 Å². The zero-order chi connectivity index (χ0) is 15.5. The average Bonchev–Trinajstić information content (AvgIpc) is 2.58. The highest BCUT2D eigenvalue weighted by molar-refractivity contribution is 5.42. The van der Waals surface area contributed by atoms with Crippen molar-refractivity contribution in [1.82, 2.24) is 0 Å². The van der Waals surface area contributed by atoms with Gasteiger partial charge in [-0.1, -0.05) is 24.6 Å². The Bertz CT molecular complexity index is 553. The first-order valence-corrected chi connectivity index (χ1v) is 7.69. The zero-order valence-electron chi connectivity index (χ0n) is 12.7. The highest BCUT2D eigenvalue weighted by Crippen LogP contribution is 2.21. The molecule has 0 unspecified atom stereocenters. The van der Waals surface area contributed by atoms with E-state index in [2.05, 4.69) is 10.2 Å². The summed E-state index contributed by atoms with van der Waals surface area (Å²) in [5.74, 6) is 0.848. The van der Waals surface area contributed by atoms with E-state index in [4.69, 9.17) is 9.84 Å². The normalized spacial score (nSPS) is 11.0. The van der Waals surface area contributed by atoms with E-state index in [1.165, 1.54) is 0 Å². The summed E-state index contributed by atoms with van der Waals surface area (Å²) in [6.07, 6.45) is 4.03. The van der Waals surface area contributed by atoms with Gasteiger partial charge >= 0.3 is 0 Å². The highest BCUT2D eigenvalue weighted by Gasteiger charge is 1.96. The van der Waals surface area contributed by atoms with Crippen LogP contribution in [0.25, 0.3) is 0 Å². The molecule has 0 saturated carbocycles. The van der Waals surface area contributed by atoms with E-state index in [9.17, 15) is 0 Å². The van der Waals surface area contributed by atoms with Crippen molar-refractivity contribution >= 4 is 11.4 Å². The van der Waals surface area contributed by atoms with Crippen molar-refractivity contribution in [3.8, 4) is 5.75 Å². The van der Waals surface area contributed by atoms with Crippen LogP contribution < -0.4 is 4.74 Å². The smallest absolute Gasteiger partial charge is 0.119 e. The number of rotatable bonds is 9. The Labute approximate surface area is 131 Å². The molecule has 2 aromatic rings. The SMILES string of the molecule is OCCCCCCOc1ccc(/N=N/c2ccccc2)cc1. The van der Waals surface area contributed by atoms with Gasteiger partial charge in [0.15, 0.2) is 0 Å². The van der Waals surface area contributed by atoms with Crippen molar-refractivity contribution < 1.29 is 9.84 Å². The van der Waals surface area contributed by atoms with Gasteiger partial charge in [-0.05, 0) is 55.7 Å². The lowest BCUT2D eigenvalue weighted by Gasteiger charge is -2.05. The molecule has 4 nitrogen and oxygen atoms in total. The fourth-order valence-corrected chi connectivity index (χ4v) is 1.98. The van der Waals surface area contributed by atoms with Gasteiger partial charge in [0.25, 0.3) is 0 Å². The molecule has 22 heavy (non-hydrogen) atoms. The highest BCUT2D eigenvalue weighted by atomic mass is 16.5. The minimum absolute atomic E-state index is 0.278. The van der Waals surface area contributed by atoms with Gasteiger partial charge in [-0.25, -0.2) is 0 Å². The maximum absolute atomic E-state index is 8.70. The Morgan fingerprint density at radius 1 is 0.727 bits per heavy atom. The van der Waals surface area contributed by atoms with Crippen LogP contribution in [0.15, 0.2) is 64.8 Å². The summed E-state index contributed by atoms with van der Waals surface area (Å²) < 4.78 is 5.67. The Morgan fingerprint density at radius 2 is 1.36 bits per heavy atom. The number of aliphatic hydroxyl groups excluding tert-OH is 1. The van der Waals surface area contributed by atoms with Gasteiger partial charge in [-0.15, -0.1) is 0 Å². The molecule has 0 fully saturated rings. The number of hydrogen-bond donors (Lipinski definition) is 1. The molecule has 0 spiro atoms. The second-order valence-corrected chi connectivity index (χ2v) is 5.02. The lowest BCUT2D eigenvalue weighted by atomic mass is 10.2. The third kappa shape index (κ3) is 6.06. The predicted octanol–water partition coefficient (Wildman–Crippen LogP) is 5.03. The van der Waals surface area contributed by atoms with E-state index in [1.54, 1.807) is 0 Å². The third-order valence-corrected chi connectivity index (χ3v) is 3.20. The Balaban J connectivity index is 1.74. The van der Waals surface area contributed by atoms with Crippen LogP contribution >= 0.6 is 0 Å².